The molecule has 0 aliphatic carbocycles. The standard InChI is InChI=1S/C21H27N3O2S/c1-21(2,3)17-7-11-19(12-8-17)26-14-13-25-18-9-5-16(6-10-18)15-23-24-20(27)22-4/h5-12,15H,13-14H2,1-4H3,(H2,22,24,27)/b23-15-. The number of hydrogen-bond acceptors (Lipinski definition) is 4. The van der Waals surface area contributed by atoms with Gasteiger partial charge >= 0.3 is 0 Å². The fourth-order valence-corrected chi connectivity index (χ4v) is 2.29. The number of hydrazone groups is 1. The normalized spacial score (nSPS) is 11.3. The zero-order chi connectivity index (χ0) is 19.7. The van der Waals surface area contributed by atoms with Crippen LogP contribution in [0.4, 0.5) is 0 Å². The second-order valence-electron chi connectivity index (χ2n) is 6.99. The number of hydrogen-bond donors (Lipinski definition) is 2. The molecule has 2 aromatic carbocycles. The third kappa shape index (κ3) is 7.27. The highest BCUT2D eigenvalue weighted by Gasteiger charge is 2.12. The minimum atomic E-state index is 0.146. The Kier molecular flexibility index (Phi) is 7.61. The van der Waals surface area contributed by atoms with Gasteiger partial charge in [0.1, 0.15) is 24.7 Å². The molecule has 0 fully saturated rings. The van der Waals surface area contributed by atoms with Crippen LogP contribution in [0.1, 0.15) is 31.9 Å². The zero-order valence-electron chi connectivity index (χ0n) is 16.3. The molecule has 0 radical (unpaired) electrons. The summed E-state index contributed by atoms with van der Waals surface area (Å²) in [4.78, 5) is 0. The molecule has 27 heavy (non-hydrogen) atoms. The van der Waals surface area contributed by atoms with Gasteiger partial charge in [-0.1, -0.05) is 32.9 Å². The lowest BCUT2D eigenvalue weighted by atomic mass is 9.87. The lowest BCUT2D eigenvalue weighted by molar-refractivity contribution is 0.217. The summed E-state index contributed by atoms with van der Waals surface area (Å²) in [5, 5.41) is 7.29. The predicted octanol–water partition coefficient (Wildman–Crippen LogP) is 3.87. The van der Waals surface area contributed by atoms with Crippen molar-refractivity contribution in [2.45, 2.75) is 26.2 Å². The van der Waals surface area contributed by atoms with Gasteiger partial charge in [-0.2, -0.15) is 5.10 Å². The molecule has 144 valence electrons. The average Bonchev–Trinajstić information content (AvgIpc) is 2.66. The van der Waals surface area contributed by atoms with Crippen molar-refractivity contribution in [2.24, 2.45) is 5.10 Å². The highest BCUT2D eigenvalue weighted by Crippen LogP contribution is 2.24. The van der Waals surface area contributed by atoms with Crippen LogP contribution in [0.25, 0.3) is 0 Å². The van der Waals surface area contributed by atoms with E-state index in [2.05, 4.69) is 48.7 Å². The maximum atomic E-state index is 5.73. The van der Waals surface area contributed by atoms with Gasteiger partial charge in [0.15, 0.2) is 5.11 Å². The van der Waals surface area contributed by atoms with Gasteiger partial charge in [0.25, 0.3) is 0 Å². The van der Waals surface area contributed by atoms with Crippen LogP contribution in [-0.4, -0.2) is 31.6 Å². The van der Waals surface area contributed by atoms with E-state index in [1.165, 1.54) is 5.56 Å². The maximum Gasteiger partial charge on any atom is 0.186 e. The van der Waals surface area contributed by atoms with Crippen LogP contribution >= 0.6 is 12.2 Å². The van der Waals surface area contributed by atoms with Gasteiger partial charge in [0.2, 0.25) is 0 Å². The molecule has 0 heterocycles. The van der Waals surface area contributed by atoms with Crippen molar-refractivity contribution in [1.82, 2.24) is 10.7 Å². The molecule has 0 unspecified atom stereocenters. The number of nitrogens with one attached hydrogen (secondary N) is 2. The molecule has 2 rings (SSSR count). The Hall–Kier alpha value is -2.60. The summed E-state index contributed by atoms with van der Waals surface area (Å²) in [6.07, 6.45) is 1.69. The zero-order valence-corrected chi connectivity index (χ0v) is 17.1. The van der Waals surface area contributed by atoms with Crippen LogP contribution < -0.4 is 20.2 Å². The average molecular weight is 386 g/mol. The van der Waals surface area contributed by atoms with Crippen LogP contribution in [0.15, 0.2) is 53.6 Å². The van der Waals surface area contributed by atoms with Gasteiger partial charge in [-0.25, -0.2) is 0 Å². The molecular weight excluding hydrogens is 358 g/mol. The second kappa shape index (κ2) is 9.92. The highest BCUT2D eigenvalue weighted by molar-refractivity contribution is 7.80. The quantitative estimate of drug-likeness (QED) is 0.328. The molecule has 2 aromatic rings. The predicted molar refractivity (Wildman–Crippen MR) is 115 cm³/mol. The van der Waals surface area contributed by atoms with Gasteiger partial charge in [0.05, 0.1) is 6.21 Å². The Morgan fingerprint density at radius 2 is 1.48 bits per heavy atom. The molecular formula is C21H27N3O2S. The molecule has 0 amide bonds. The maximum absolute atomic E-state index is 5.73. The van der Waals surface area contributed by atoms with Crippen LogP contribution in [0.5, 0.6) is 11.5 Å². The van der Waals surface area contributed by atoms with Crippen molar-refractivity contribution in [2.75, 3.05) is 20.3 Å². The number of thiocarbonyl (C=S) groups is 1. The molecule has 0 aliphatic heterocycles. The first-order valence-corrected chi connectivity index (χ1v) is 9.26. The van der Waals surface area contributed by atoms with Gasteiger partial charge in [0, 0.05) is 7.05 Å². The smallest absolute Gasteiger partial charge is 0.186 e. The van der Waals surface area contributed by atoms with Crippen molar-refractivity contribution < 1.29 is 9.47 Å². The van der Waals surface area contributed by atoms with E-state index < -0.39 is 0 Å². The monoisotopic (exact) mass is 385 g/mol. The van der Waals surface area contributed by atoms with Crippen molar-refractivity contribution in [3.05, 3.63) is 59.7 Å². The van der Waals surface area contributed by atoms with Gasteiger partial charge in [-0.05, 0) is 65.2 Å². The minimum absolute atomic E-state index is 0.146. The SMILES string of the molecule is CNC(=S)N/N=C\c1ccc(OCCOc2ccc(C(C)(C)C)cc2)cc1. The molecule has 0 atom stereocenters. The van der Waals surface area contributed by atoms with E-state index >= 15 is 0 Å². The van der Waals surface area contributed by atoms with Crippen LogP contribution in [0.2, 0.25) is 0 Å². The summed E-state index contributed by atoms with van der Waals surface area (Å²) in [6.45, 7) is 7.56. The summed E-state index contributed by atoms with van der Waals surface area (Å²) in [7, 11) is 1.74. The topological polar surface area (TPSA) is 54.9 Å². The van der Waals surface area contributed by atoms with Crippen LogP contribution in [0.3, 0.4) is 0 Å². The first-order chi connectivity index (χ1) is 12.9. The van der Waals surface area contributed by atoms with Gasteiger partial charge < -0.3 is 14.8 Å². The van der Waals surface area contributed by atoms with Gasteiger partial charge in [-0.15, -0.1) is 0 Å². The van der Waals surface area contributed by atoms with Crippen LogP contribution in [-0.2, 0) is 5.41 Å². The summed E-state index contributed by atoms with van der Waals surface area (Å²) >= 11 is 4.94. The summed E-state index contributed by atoms with van der Waals surface area (Å²) in [5.74, 6) is 1.64. The Morgan fingerprint density at radius 1 is 0.963 bits per heavy atom. The van der Waals surface area contributed by atoms with E-state index in [0.29, 0.717) is 18.3 Å². The molecule has 0 saturated carbocycles. The Bertz CT molecular complexity index is 750. The fraction of sp³-hybridized carbons (Fsp3) is 0.333. The van der Waals surface area contributed by atoms with Crippen molar-refractivity contribution in [1.29, 1.82) is 0 Å². The second-order valence-corrected chi connectivity index (χ2v) is 7.40. The number of nitrogens with zero attached hydrogens (tertiary/aromatic N) is 1. The molecule has 5 nitrogen and oxygen atoms in total. The number of benzene rings is 2. The first-order valence-electron chi connectivity index (χ1n) is 8.85. The third-order valence-corrected chi connectivity index (χ3v) is 4.12. The van der Waals surface area contributed by atoms with Crippen molar-refractivity contribution in [3.8, 4) is 11.5 Å². The summed E-state index contributed by atoms with van der Waals surface area (Å²) < 4.78 is 11.4. The Labute approximate surface area is 166 Å². The molecule has 0 aromatic heterocycles. The van der Waals surface area contributed by atoms with E-state index in [1.807, 2.05) is 36.4 Å². The molecule has 0 saturated heterocycles. The lowest BCUT2D eigenvalue weighted by Gasteiger charge is -2.19. The van der Waals surface area contributed by atoms with E-state index in [4.69, 9.17) is 21.7 Å². The van der Waals surface area contributed by atoms with E-state index in [0.717, 1.165) is 17.1 Å². The molecule has 2 N–H and O–H groups in total. The van der Waals surface area contributed by atoms with Gasteiger partial charge in [-0.3, -0.25) is 5.43 Å². The molecule has 0 spiro atoms. The molecule has 0 bridgehead atoms. The Morgan fingerprint density at radius 3 is 1.96 bits per heavy atom. The Balaban J connectivity index is 1.73. The van der Waals surface area contributed by atoms with Crippen molar-refractivity contribution in [3.63, 3.8) is 0 Å². The summed E-state index contributed by atoms with van der Waals surface area (Å²) in [6, 6.07) is 15.9. The lowest BCUT2D eigenvalue weighted by Crippen LogP contribution is -2.28. The first kappa shape index (κ1) is 20.7. The molecule has 6 heteroatoms. The molecule has 0 aliphatic rings. The minimum Gasteiger partial charge on any atom is -0.490 e. The van der Waals surface area contributed by atoms with Crippen LogP contribution in [0, 0.1) is 0 Å². The van der Waals surface area contributed by atoms with E-state index in [-0.39, 0.29) is 5.41 Å². The highest BCUT2D eigenvalue weighted by atomic mass is 32.1. The number of rotatable bonds is 7. The largest absolute Gasteiger partial charge is 0.490 e. The fourth-order valence-electron chi connectivity index (χ4n) is 2.24. The number of ether oxygens (including phenoxy) is 2. The van der Waals surface area contributed by atoms with E-state index in [9.17, 15) is 0 Å². The van der Waals surface area contributed by atoms with Crippen molar-refractivity contribution >= 4 is 23.5 Å². The third-order valence-electron chi connectivity index (χ3n) is 3.83. The van der Waals surface area contributed by atoms with E-state index in [1.54, 1.807) is 13.3 Å². The summed E-state index contributed by atoms with van der Waals surface area (Å²) in [5.41, 5.74) is 5.09.